The summed E-state index contributed by atoms with van der Waals surface area (Å²) < 4.78 is 0. The Labute approximate surface area is 352 Å². The van der Waals surface area contributed by atoms with Crippen molar-refractivity contribution in [3.8, 4) is 11.1 Å². The van der Waals surface area contributed by atoms with Crippen LogP contribution in [0.5, 0.6) is 0 Å². The average Bonchev–Trinajstić information content (AvgIpc) is 3.46. The van der Waals surface area contributed by atoms with Gasteiger partial charge >= 0.3 is 0 Å². The summed E-state index contributed by atoms with van der Waals surface area (Å²) in [6, 6.07) is 64.8. The molecule has 5 heteroatoms. The van der Waals surface area contributed by atoms with Gasteiger partial charge in [0, 0.05) is 33.5 Å². The molecular weight excluding hydrogens is 761 g/mol. The molecule has 10 rings (SSSR count). The van der Waals surface area contributed by atoms with Gasteiger partial charge in [-0.1, -0.05) is 172 Å². The molecule has 0 amide bonds. The molecule has 0 saturated heterocycles. The number of nitrogens with zero attached hydrogens (tertiary/aromatic N) is 2. The lowest BCUT2D eigenvalue weighted by atomic mass is 9.91. The molecule has 1 aliphatic rings. The number of para-hydroxylation sites is 1. The minimum absolute atomic E-state index is 1.15. The van der Waals surface area contributed by atoms with E-state index in [2.05, 4.69) is 232 Å². The van der Waals surface area contributed by atoms with Crippen molar-refractivity contribution >= 4 is 111 Å². The molecular formula is C54H52N2Si3. The predicted octanol–water partition coefficient (Wildman–Crippen LogP) is 13.4. The summed E-state index contributed by atoms with van der Waals surface area (Å²) >= 11 is 0. The van der Waals surface area contributed by atoms with E-state index in [9.17, 15) is 0 Å². The zero-order chi connectivity index (χ0) is 40.8. The maximum absolute atomic E-state index is 2.53. The first-order valence-corrected chi connectivity index (χ1v) is 31.1. The SMILES string of the molecule is C[Si](C)(C)c1ccc(N(c2ccccc2)c2ccc3ccc4c(N(c5ccc([Si](C)(C)C)cc5)c5ccc6c(c5)[Si](C)(C)c5ccccc5-6)ccc5ccc2c3c54)cc1. The van der Waals surface area contributed by atoms with Gasteiger partial charge in [0.15, 0.2) is 0 Å². The molecule has 0 unspecified atom stereocenters. The summed E-state index contributed by atoms with van der Waals surface area (Å²) in [5, 5.41) is 13.7. The Hall–Kier alpha value is -5.73. The molecule has 290 valence electrons. The summed E-state index contributed by atoms with van der Waals surface area (Å²) in [6.45, 7) is 19.6. The maximum atomic E-state index is 2.53. The molecule has 2 nitrogen and oxygen atoms in total. The van der Waals surface area contributed by atoms with Crippen LogP contribution in [0.25, 0.3) is 43.4 Å². The second-order valence-corrected chi connectivity index (χ2v) is 33.6. The highest BCUT2D eigenvalue weighted by atomic mass is 28.3. The van der Waals surface area contributed by atoms with Gasteiger partial charge in [-0.3, -0.25) is 0 Å². The third kappa shape index (κ3) is 6.17. The van der Waals surface area contributed by atoms with Crippen LogP contribution >= 0.6 is 0 Å². The fourth-order valence-electron chi connectivity index (χ4n) is 9.64. The number of anilines is 6. The highest BCUT2D eigenvalue weighted by Gasteiger charge is 2.38. The molecule has 0 radical (unpaired) electrons. The van der Waals surface area contributed by atoms with E-state index in [1.165, 1.54) is 92.6 Å². The Morgan fingerprint density at radius 1 is 0.373 bits per heavy atom. The van der Waals surface area contributed by atoms with Crippen molar-refractivity contribution in [1.82, 2.24) is 0 Å². The van der Waals surface area contributed by atoms with E-state index in [-0.39, 0.29) is 0 Å². The van der Waals surface area contributed by atoms with Gasteiger partial charge in [-0.05, 0) is 104 Å². The second-order valence-electron chi connectivity index (χ2n) is 19.1. The van der Waals surface area contributed by atoms with Gasteiger partial charge in [-0.2, -0.15) is 0 Å². The van der Waals surface area contributed by atoms with Crippen LogP contribution in [0.2, 0.25) is 52.4 Å². The molecule has 0 atom stereocenters. The number of fused-ring (bicyclic) bond motifs is 3. The molecule has 9 aromatic rings. The summed E-state index contributed by atoms with van der Waals surface area (Å²) in [7, 11) is -4.87. The van der Waals surface area contributed by atoms with E-state index in [4.69, 9.17) is 0 Å². The first kappa shape index (κ1) is 37.5. The lowest BCUT2D eigenvalue weighted by Crippen LogP contribution is -2.49. The van der Waals surface area contributed by atoms with Crippen LogP contribution < -0.4 is 30.5 Å². The van der Waals surface area contributed by atoms with E-state index < -0.39 is 24.2 Å². The standard InChI is InChI=1S/C54H52N2Si3/c1-57(2,3)43-27-22-40(23-28-43)55(39-14-10-9-11-15-39)49-34-20-37-19-32-48-50(35-21-38-18-31-47(49)53(37)54(38)48)56(41-24-29-44(30-25-41)58(4,5)6)42-26-33-46-45-16-12-13-17-51(45)59(7,8)52(46)36-42/h9-36H,1-8H3. The van der Waals surface area contributed by atoms with Crippen LogP contribution in [0.15, 0.2) is 170 Å². The van der Waals surface area contributed by atoms with Crippen molar-refractivity contribution in [2.24, 2.45) is 0 Å². The molecule has 0 aromatic heterocycles. The molecule has 0 N–H and O–H groups in total. The van der Waals surface area contributed by atoms with Crippen LogP contribution in [-0.4, -0.2) is 24.2 Å². The fourth-order valence-corrected chi connectivity index (χ4v) is 15.1. The molecule has 1 aliphatic heterocycles. The number of hydrogen-bond donors (Lipinski definition) is 0. The van der Waals surface area contributed by atoms with Crippen molar-refractivity contribution in [3.63, 3.8) is 0 Å². The zero-order valence-corrected chi connectivity index (χ0v) is 38.6. The monoisotopic (exact) mass is 812 g/mol. The number of benzene rings is 9. The maximum Gasteiger partial charge on any atom is 0.113 e. The number of rotatable bonds is 8. The second kappa shape index (κ2) is 13.7. The van der Waals surface area contributed by atoms with Crippen LogP contribution in [0.1, 0.15) is 0 Å². The van der Waals surface area contributed by atoms with Crippen molar-refractivity contribution in [2.45, 2.75) is 52.4 Å². The molecule has 9 aromatic carbocycles. The molecule has 1 heterocycles. The van der Waals surface area contributed by atoms with Crippen LogP contribution in [-0.2, 0) is 0 Å². The van der Waals surface area contributed by atoms with Gasteiger partial charge in [-0.25, -0.2) is 0 Å². The minimum atomic E-state index is -1.91. The zero-order valence-electron chi connectivity index (χ0n) is 35.6. The quantitative estimate of drug-likeness (QED) is 0.111. The first-order chi connectivity index (χ1) is 28.3. The van der Waals surface area contributed by atoms with Gasteiger partial charge < -0.3 is 9.80 Å². The molecule has 0 aliphatic carbocycles. The molecule has 0 saturated carbocycles. The molecule has 0 bridgehead atoms. The van der Waals surface area contributed by atoms with E-state index in [1.807, 2.05) is 0 Å². The summed E-state index contributed by atoms with van der Waals surface area (Å²) in [5.74, 6) is 0. The van der Waals surface area contributed by atoms with Gasteiger partial charge in [0.2, 0.25) is 0 Å². The van der Waals surface area contributed by atoms with Crippen LogP contribution in [0.4, 0.5) is 34.1 Å². The van der Waals surface area contributed by atoms with Crippen molar-refractivity contribution in [2.75, 3.05) is 9.80 Å². The highest BCUT2D eigenvalue weighted by Crippen LogP contribution is 2.47. The first-order valence-electron chi connectivity index (χ1n) is 21.1. The normalized spacial score (nSPS) is 13.6. The van der Waals surface area contributed by atoms with E-state index in [0.29, 0.717) is 0 Å². The highest BCUT2D eigenvalue weighted by molar-refractivity contribution is 7.03. The fraction of sp³-hybridized carbons (Fsp3) is 0.148. The van der Waals surface area contributed by atoms with Gasteiger partial charge in [-0.15, -0.1) is 0 Å². The molecule has 59 heavy (non-hydrogen) atoms. The van der Waals surface area contributed by atoms with Gasteiger partial charge in [0.1, 0.15) is 8.07 Å². The van der Waals surface area contributed by atoms with E-state index in [1.54, 1.807) is 0 Å². The van der Waals surface area contributed by atoms with E-state index in [0.717, 1.165) is 5.69 Å². The Morgan fingerprint density at radius 2 is 0.797 bits per heavy atom. The topological polar surface area (TPSA) is 6.48 Å². The largest absolute Gasteiger partial charge is 0.310 e. The van der Waals surface area contributed by atoms with Gasteiger partial charge in [0.25, 0.3) is 0 Å². The molecule has 0 fully saturated rings. The third-order valence-corrected chi connectivity index (χ3v) is 20.6. The van der Waals surface area contributed by atoms with Crippen molar-refractivity contribution in [1.29, 1.82) is 0 Å². The summed E-state index contributed by atoms with van der Waals surface area (Å²) in [6.07, 6.45) is 0. The predicted molar refractivity (Wildman–Crippen MR) is 268 cm³/mol. The smallest absolute Gasteiger partial charge is 0.113 e. The number of hydrogen-bond acceptors (Lipinski definition) is 2. The minimum Gasteiger partial charge on any atom is -0.310 e. The lowest BCUT2D eigenvalue weighted by Gasteiger charge is -2.30. The van der Waals surface area contributed by atoms with Crippen molar-refractivity contribution < 1.29 is 0 Å². The van der Waals surface area contributed by atoms with Crippen molar-refractivity contribution in [3.05, 3.63) is 170 Å². The Balaban J connectivity index is 1.20. The van der Waals surface area contributed by atoms with Crippen LogP contribution in [0, 0.1) is 0 Å². The Kier molecular flexibility index (Phi) is 8.69. The Bertz CT molecular complexity index is 3030. The third-order valence-electron chi connectivity index (χ3n) is 12.9. The molecule has 0 spiro atoms. The lowest BCUT2D eigenvalue weighted by molar-refractivity contribution is 1.30. The van der Waals surface area contributed by atoms with Gasteiger partial charge in [0.05, 0.1) is 27.5 Å². The summed E-state index contributed by atoms with van der Waals surface area (Å²) in [5.41, 5.74) is 9.93. The average molecular weight is 813 g/mol. The van der Waals surface area contributed by atoms with E-state index >= 15 is 0 Å². The Morgan fingerprint density at radius 3 is 1.32 bits per heavy atom. The van der Waals surface area contributed by atoms with Crippen LogP contribution in [0.3, 0.4) is 0 Å². The summed E-state index contributed by atoms with van der Waals surface area (Å²) in [4.78, 5) is 4.98.